The molecule has 1 rings (SSSR count). The Kier molecular flexibility index (Phi) is 6.21. The van der Waals surface area contributed by atoms with E-state index in [1.807, 2.05) is 0 Å². The number of carbonyl (C=O) groups is 2. The summed E-state index contributed by atoms with van der Waals surface area (Å²) >= 11 is 0. The molecule has 1 aromatic carbocycles. The number of hydrogen-bond acceptors (Lipinski definition) is 5. The second-order valence-corrected chi connectivity index (χ2v) is 4.66. The highest BCUT2D eigenvalue weighted by molar-refractivity contribution is 5.99. The van der Waals surface area contributed by atoms with E-state index in [1.165, 1.54) is 7.11 Å². The molecule has 0 saturated heterocycles. The third-order valence-electron chi connectivity index (χ3n) is 2.84. The van der Waals surface area contributed by atoms with Crippen molar-refractivity contribution in [2.24, 2.45) is 5.92 Å². The molecule has 0 saturated carbocycles. The summed E-state index contributed by atoms with van der Waals surface area (Å²) in [6.07, 6.45) is 0. The minimum Gasteiger partial charge on any atom is -0.496 e. The molecule has 1 amide bonds. The molecule has 0 radical (unpaired) electrons. The van der Waals surface area contributed by atoms with Gasteiger partial charge in [0, 0.05) is 0 Å². The number of carbonyl (C=O) groups excluding carboxylic acids is 2. The lowest BCUT2D eigenvalue weighted by Gasteiger charge is -2.20. The zero-order valence-corrected chi connectivity index (χ0v) is 12.3. The number of esters is 1. The maximum absolute atomic E-state index is 12.3. The van der Waals surface area contributed by atoms with Crippen LogP contribution in [0.25, 0.3) is 0 Å². The third kappa shape index (κ3) is 4.49. The Labute approximate surface area is 123 Å². The van der Waals surface area contributed by atoms with Crippen LogP contribution in [-0.2, 0) is 9.53 Å². The summed E-state index contributed by atoms with van der Waals surface area (Å²) in [5.41, 5.74) is 0.332. The van der Waals surface area contributed by atoms with Crippen molar-refractivity contribution >= 4 is 11.9 Å². The first-order chi connectivity index (χ1) is 10.0. The van der Waals surface area contributed by atoms with Crippen LogP contribution >= 0.6 is 0 Å². The quantitative estimate of drug-likeness (QED) is 0.802. The SMILES string of the molecule is COc1ccccc1C(=O)N[C@H](C(=O)OCC#N)C(C)C. The summed E-state index contributed by atoms with van der Waals surface area (Å²) < 4.78 is 9.88. The fourth-order valence-corrected chi connectivity index (χ4v) is 1.74. The van der Waals surface area contributed by atoms with Crippen LogP contribution in [0.3, 0.4) is 0 Å². The smallest absolute Gasteiger partial charge is 0.329 e. The first-order valence-corrected chi connectivity index (χ1v) is 6.48. The van der Waals surface area contributed by atoms with E-state index in [0.717, 1.165) is 0 Å². The van der Waals surface area contributed by atoms with Crippen molar-refractivity contribution < 1.29 is 19.1 Å². The zero-order valence-electron chi connectivity index (χ0n) is 12.3. The molecule has 1 N–H and O–H groups in total. The Morgan fingerprint density at radius 1 is 1.33 bits per heavy atom. The van der Waals surface area contributed by atoms with Crippen molar-refractivity contribution in [2.45, 2.75) is 19.9 Å². The second kappa shape index (κ2) is 7.90. The van der Waals surface area contributed by atoms with Gasteiger partial charge in [-0.25, -0.2) is 4.79 Å². The maximum Gasteiger partial charge on any atom is 0.329 e. The van der Waals surface area contributed by atoms with Gasteiger partial charge in [0.25, 0.3) is 5.91 Å². The van der Waals surface area contributed by atoms with Crippen molar-refractivity contribution in [2.75, 3.05) is 13.7 Å². The van der Waals surface area contributed by atoms with Crippen LogP contribution in [0.5, 0.6) is 5.75 Å². The molecule has 0 aliphatic carbocycles. The van der Waals surface area contributed by atoms with E-state index in [9.17, 15) is 9.59 Å². The summed E-state index contributed by atoms with van der Waals surface area (Å²) in [7, 11) is 1.47. The Bertz CT molecular complexity index is 549. The van der Waals surface area contributed by atoms with Crippen LogP contribution in [0, 0.1) is 17.2 Å². The standard InChI is InChI=1S/C15H18N2O4/c1-10(2)13(15(19)21-9-8-16)17-14(18)11-6-4-5-7-12(11)20-3/h4-7,10,13H,9H2,1-3H3,(H,17,18)/t13-/m0/s1. The van der Waals surface area contributed by atoms with Gasteiger partial charge in [-0.15, -0.1) is 0 Å². The first-order valence-electron chi connectivity index (χ1n) is 6.48. The second-order valence-electron chi connectivity index (χ2n) is 4.66. The molecule has 0 aliphatic heterocycles. The lowest BCUT2D eigenvalue weighted by molar-refractivity contribution is -0.145. The summed E-state index contributed by atoms with van der Waals surface area (Å²) in [5.74, 6) is -0.812. The Hall–Kier alpha value is -2.55. The average Bonchev–Trinajstić information content (AvgIpc) is 2.49. The van der Waals surface area contributed by atoms with Gasteiger partial charge in [-0.2, -0.15) is 5.26 Å². The van der Waals surface area contributed by atoms with Gasteiger partial charge in [0.1, 0.15) is 17.9 Å². The number of amides is 1. The summed E-state index contributed by atoms with van der Waals surface area (Å²) in [4.78, 5) is 24.1. The Balaban J connectivity index is 2.86. The molecular formula is C15H18N2O4. The molecular weight excluding hydrogens is 272 g/mol. The van der Waals surface area contributed by atoms with Crippen LogP contribution in [0.1, 0.15) is 24.2 Å². The molecule has 0 bridgehead atoms. The summed E-state index contributed by atoms with van der Waals surface area (Å²) in [6, 6.07) is 7.61. The van der Waals surface area contributed by atoms with Crippen molar-refractivity contribution in [3.63, 3.8) is 0 Å². The molecule has 0 heterocycles. The molecule has 21 heavy (non-hydrogen) atoms. The van der Waals surface area contributed by atoms with E-state index in [1.54, 1.807) is 44.2 Å². The van der Waals surface area contributed by atoms with Gasteiger partial charge in [0.05, 0.1) is 12.7 Å². The van der Waals surface area contributed by atoms with Gasteiger partial charge >= 0.3 is 5.97 Å². The predicted molar refractivity (Wildman–Crippen MR) is 75.7 cm³/mol. The molecule has 0 fully saturated rings. The van der Waals surface area contributed by atoms with Crippen LogP contribution in [0.2, 0.25) is 0 Å². The van der Waals surface area contributed by atoms with Crippen LogP contribution in [0.4, 0.5) is 0 Å². The molecule has 6 nitrogen and oxygen atoms in total. The van der Waals surface area contributed by atoms with E-state index in [2.05, 4.69) is 5.32 Å². The Morgan fingerprint density at radius 3 is 2.57 bits per heavy atom. The van der Waals surface area contributed by atoms with Crippen molar-refractivity contribution in [3.8, 4) is 11.8 Å². The lowest BCUT2D eigenvalue weighted by Crippen LogP contribution is -2.45. The van der Waals surface area contributed by atoms with Gasteiger partial charge in [-0.3, -0.25) is 4.79 Å². The van der Waals surface area contributed by atoms with E-state index < -0.39 is 17.9 Å². The fourth-order valence-electron chi connectivity index (χ4n) is 1.74. The largest absolute Gasteiger partial charge is 0.496 e. The predicted octanol–water partition coefficient (Wildman–Crippen LogP) is 1.52. The number of para-hydroxylation sites is 1. The van der Waals surface area contributed by atoms with Gasteiger partial charge in [-0.1, -0.05) is 26.0 Å². The topological polar surface area (TPSA) is 88.4 Å². The highest BCUT2D eigenvalue weighted by atomic mass is 16.5. The molecule has 1 atom stereocenters. The zero-order chi connectivity index (χ0) is 15.8. The number of ether oxygens (including phenoxy) is 2. The molecule has 0 aromatic heterocycles. The highest BCUT2D eigenvalue weighted by Crippen LogP contribution is 2.17. The number of methoxy groups -OCH3 is 1. The summed E-state index contributed by atoms with van der Waals surface area (Å²) in [6.45, 7) is 3.22. The number of hydrogen-bond donors (Lipinski definition) is 1. The molecule has 0 spiro atoms. The minimum absolute atomic E-state index is 0.171. The Morgan fingerprint density at radius 2 is 2.00 bits per heavy atom. The average molecular weight is 290 g/mol. The van der Waals surface area contributed by atoms with E-state index >= 15 is 0 Å². The molecule has 1 aromatic rings. The van der Waals surface area contributed by atoms with E-state index in [4.69, 9.17) is 14.7 Å². The van der Waals surface area contributed by atoms with E-state index in [-0.39, 0.29) is 12.5 Å². The molecule has 6 heteroatoms. The van der Waals surface area contributed by atoms with Crippen molar-refractivity contribution in [1.82, 2.24) is 5.32 Å². The van der Waals surface area contributed by atoms with Crippen LogP contribution in [0.15, 0.2) is 24.3 Å². The number of benzene rings is 1. The van der Waals surface area contributed by atoms with Crippen molar-refractivity contribution in [3.05, 3.63) is 29.8 Å². The third-order valence-corrected chi connectivity index (χ3v) is 2.84. The molecule has 0 unspecified atom stereocenters. The highest BCUT2D eigenvalue weighted by Gasteiger charge is 2.27. The number of nitriles is 1. The molecule has 112 valence electrons. The maximum atomic E-state index is 12.3. The minimum atomic E-state index is -0.823. The number of nitrogens with zero attached hydrogens (tertiary/aromatic N) is 1. The van der Waals surface area contributed by atoms with Gasteiger partial charge in [-0.05, 0) is 18.1 Å². The van der Waals surface area contributed by atoms with Crippen LogP contribution < -0.4 is 10.1 Å². The lowest BCUT2D eigenvalue weighted by atomic mass is 10.0. The fraction of sp³-hybridized carbons (Fsp3) is 0.400. The summed E-state index contributed by atoms with van der Waals surface area (Å²) in [5, 5.41) is 11.0. The monoisotopic (exact) mass is 290 g/mol. The van der Waals surface area contributed by atoms with Gasteiger partial charge in [0.2, 0.25) is 0 Å². The van der Waals surface area contributed by atoms with Gasteiger partial charge < -0.3 is 14.8 Å². The normalized spacial score (nSPS) is 11.4. The number of rotatable bonds is 6. The number of nitrogens with one attached hydrogen (secondary N) is 1. The van der Waals surface area contributed by atoms with Crippen LogP contribution in [-0.4, -0.2) is 31.6 Å². The van der Waals surface area contributed by atoms with Crippen molar-refractivity contribution in [1.29, 1.82) is 5.26 Å². The molecule has 0 aliphatic rings. The van der Waals surface area contributed by atoms with E-state index in [0.29, 0.717) is 11.3 Å². The van der Waals surface area contributed by atoms with Gasteiger partial charge in [0.15, 0.2) is 6.61 Å². The first kappa shape index (κ1) is 16.5.